The number of nitrogens with zero attached hydrogens (tertiary/aromatic N) is 1. The first-order valence-electron chi connectivity index (χ1n) is 5.09. The van der Waals surface area contributed by atoms with Crippen molar-refractivity contribution in [3.63, 3.8) is 0 Å². The Morgan fingerprint density at radius 2 is 2.29 bits per heavy atom. The molecule has 0 saturated heterocycles. The minimum absolute atomic E-state index is 0.397. The van der Waals surface area contributed by atoms with Crippen LogP contribution in [0.1, 0.15) is 25.5 Å². The molecule has 0 aliphatic heterocycles. The molecule has 0 spiro atoms. The Morgan fingerprint density at radius 3 is 2.93 bits per heavy atom. The number of pyridine rings is 1. The predicted molar refractivity (Wildman–Crippen MR) is 53.2 cm³/mol. The molecule has 3 heteroatoms. The van der Waals surface area contributed by atoms with Crippen molar-refractivity contribution in [2.24, 2.45) is 5.92 Å². The minimum atomic E-state index is -0.397. The molecule has 76 valence electrons. The molecular weight excluding hydrogens is 179 g/mol. The zero-order valence-corrected chi connectivity index (χ0v) is 8.33. The van der Waals surface area contributed by atoms with Crippen LogP contribution < -0.4 is 5.32 Å². The third kappa shape index (κ3) is 2.29. The minimum Gasteiger partial charge on any atom is -0.308 e. The van der Waals surface area contributed by atoms with Crippen molar-refractivity contribution in [1.82, 2.24) is 10.3 Å². The van der Waals surface area contributed by atoms with Gasteiger partial charge in [-0.15, -0.1) is 0 Å². The fourth-order valence-corrected chi connectivity index (χ4v) is 1.87. The summed E-state index contributed by atoms with van der Waals surface area (Å²) in [6.45, 7) is 2.92. The van der Waals surface area contributed by atoms with E-state index in [0.29, 0.717) is 12.6 Å². The Bertz CT molecular complexity index is 308. The van der Waals surface area contributed by atoms with Gasteiger partial charge in [-0.25, -0.2) is 4.98 Å². The Balaban J connectivity index is 1.80. The lowest BCUT2D eigenvalue weighted by atomic mass is 9.82. The van der Waals surface area contributed by atoms with Crippen LogP contribution >= 0.6 is 0 Å². The second kappa shape index (κ2) is 4.05. The quantitative estimate of drug-likeness (QED) is 0.745. The average molecular weight is 194 g/mol. The van der Waals surface area contributed by atoms with Gasteiger partial charge in [-0.3, -0.25) is 0 Å². The number of nitrogens with one attached hydrogen (secondary N) is 1. The molecule has 1 N–H and O–H groups in total. The van der Waals surface area contributed by atoms with Crippen molar-refractivity contribution < 1.29 is 4.39 Å². The van der Waals surface area contributed by atoms with E-state index in [2.05, 4.69) is 17.2 Å². The summed E-state index contributed by atoms with van der Waals surface area (Å²) in [4.78, 5) is 3.79. The lowest BCUT2D eigenvalue weighted by Gasteiger charge is -2.33. The second-order valence-electron chi connectivity index (χ2n) is 4.11. The Hall–Kier alpha value is -0.960. The molecule has 1 saturated carbocycles. The van der Waals surface area contributed by atoms with Gasteiger partial charge in [0, 0.05) is 12.6 Å². The van der Waals surface area contributed by atoms with E-state index < -0.39 is 5.95 Å². The van der Waals surface area contributed by atoms with Crippen molar-refractivity contribution in [1.29, 1.82) is 0 Å². The van der Waals surface area contributed by atoms with Crippen molar-refractivity contribution in [2.45, 2.75) is 32.4 Å². The highest BCUT2D eigenvalue weighted by molar-refractivity contribution is 5.04. The third-order valence-electron chi connectivity index (χ3n) is 2.72. The van der Waals surface area contributed by atoms with E-state index in [1.54, 1.807) is 6.07 Å². The molecule has 1 aromatic rings. The van der Waals surface area contributed by atoms with E-state index in [9.17, 15) is 4.39 Å². The summed E-state index contributed by atoms with van der Waals surface area (Å²) >= 11 is 0. The van der Waals surface area contributed by atoms with E-state index in [1.807, 2.05) is 6.07 Å². The van der Waals surface area contributed by atoms with Crippen LogP contribution in [-0.4, -0.2) is 11.0 Å². The zero-order chi connectivity index (χ0) is 9.97. The molecule has 0 unspecified atom stereocenters. The van der Waals surface area contributed by atoms with E-state index in [4.69, 9.17) is 0 Å². The van der Waals surface area contributed by atoms with Gasteiger partial charge in [0.25, 0.3) is 0 Å². The smallest absolute Gasteiger partial charge is 0.213 e. The fourth-order valence-electron chi connectivity index (χ4n) is 1.87. The largest absolute Gasteiger partial charge is 0.308 e. The van der Waals surface area contributed by atoms with Gasteiger partial charge in [-0.1, -0.05) is 13.0 Å². The number of rotatable bonds is 3. The molecule has 2 nitrogen and oxygen atoms in total. The van der Waals surface area contributed by atoms with Gasteiger partial charge >= 0.3 is 0 Å². The van der Waals surface area contributed by atoms with Gasteiger partial charge in [0.1, 0.15) is 0 Å². The van der Waals surface area contributed by atoms with Crippen LogP contribution in [0.2, 0.25) is 0 Å². The maximum atomic E-state index is 12.7. The summed E-state index contributed by atoms with van der Waals surface area (Å²) in [7, 11) is 0. The van der Waals surface area contributed by atoms with Gasteiger partial charge in [0.05, 0.1) is 5.69 Å². The first-order chi connectivity index (χ1) is 6.74. The average Bonchev–Trinajstić information content (AvgIpc) is 2.11. The Kier molecular flexibility index (Phi) is 2.77. The first kappa shape index (κ1) is 9.59. The Morgan fingerprint density at radius 1 is 1.50 bits per heavy atom. The second-order valence-corrected chi connectivity index (χ2v) is 4.11. The van der Waals surface area contributed by atoms with Crippen LogP contribution in [0.5, 0.6) is 0 Å². The van der Waals surface area contributed by atoms with Crippen molar-refractivity contribution in [2.75, 3.05) is 0 Å². The monoisotopic (exact) mass is 194 g/mol. The van der Waals surface area contributed by atoms with Crippen LogP contribution in [0, 0.1) is 11.9 Å². The summed E-state index contributed by atoms with van der Waals surface area (Å²) in [6.07, 6.45) is 2.46. The van der Waals surface area contributed by atoms with E-state index in [1.165, 1.54) is 18.9 Å². The van der Waals surface area contributed by atoms with Crippen LogP contribution in [0.15, 0.2) is 18.2 Å². The van der Waals surface area contributed by atoms with E-state index >= 15 is 0 Å². The van der Waals surface area contributed by atoms with Crippen LogP contribution in [0.4, 0.5) is 4.39 Å². The van der Waals surface area contributed by atoms with Crippen molar-refractivity contribution in [3.05, 3.63) is 29.8 Å². The third-order valence-corrected chi connectivity index (χ3v) is 2.72. The van der Waals surface area contributed by atoms with Crippen LogP contribution in [0.25, 0.3) is 0 Å². The topological polar surface area (TPSA) is 24.9 Å². The van der Waals surface area contributed by atoms with Gasteiger partial charge in [0.15, 0.2) is 0 Å². The predicted octanol–water partition coefficient (Wildman–Crippen LogP) is 2.11. The highest BCUT2D eigenvalue weighted by Gasteiger charge is 2.24. The van der Waals surface area contributed by atoms with Crippen LogP contribution in [-0.2, 0) is 6.54 Å². The number of hydrogen-bond donors (Lipinski definition) is 1. The SMILES string of the molecule is CC1CC(NCc2cccc(F)n2)C1. The molecule has 1 aliphatic carbocycles. The van der Waals surface area contributed by atoms with Gasteiger partial charge in [0.2, 0.25) is 5.95 Å². The molecule has 0 aromatic carbocycles. The summed E-state index contributed by atoms with van der Waals surface area (Å²) < 4.78 is 12.7. The molecular formula is C11H15FN2. The van der Waals surface area contributed by atoms with Crippen LogP contribution in [0.3, 0.4) is 0 Å². The normalized spacial score (nSPS) is 25.9. The molecule has 1 aromatic heterocycles. The maximum absolute atomic E-state index is 12.7. The van der Waals surface area contributed by atoms with Gasteiger partial charge in [-0.2, -0.15) is 4.39 Å². The van der Waals surface area contributed by atoms with Gasteiger partial charge in [-0.05, 0) is 30.9 Å². The van der Waals surface area contributed by atoms with E-state index in [-0.39, 0.29) is 0 Å². The molecule has 1 fully saturated rings. The highest BCUT2D eigenvalue weighted by Crippen LogP contribution is 2.26. The number of halogens is 1. The summed E-state index contributed by atoms with van der Waals surface area (Å²) in [5, 5.41) is 3.36. The fraction of sp³-hybridized carbons (Fsp3) is 0.545. The molecule has 0 radical (unpaired) electrons. The van der Waals surface area contributed by atoms with E-state index in [0.717, 1.165) is 11.6 Å². The standard InChI is InChI=1S/C11H15FN2/c1-8-5-10(6-8)13-7-9-3-2-4-11(12)14-9/h2-4,8,10,13H,5-7H2,1H3. The molecule has 1 aliphatic rings. The maximum Gasteiger partial charge on any atom is 0.213 e. The highest BCUT2D eigenvalue weighted by atomic mass is 19.1. The lowest BCUT2D eigenvalue weighted by molar-refractivity contribution is 0.239. The number of aromatic nitrogens is 1. The van der Waals surface area contributed by atoms with Gasteiger partial charge < -0.3 is 5.32 Å². The van der Waals surface area contributed by atoms with Crippen molar-refractivity contribution >= 4 is 0 Å². The zero-order valence-electron chi connectivity index (χ0n) is 8.33. The van der Waals surface area contributed by atoms with Crippen molar-refractivity contribution in [3.8, 4) is 0 Å². The summed E-state index contributed by atoms with van der Waals surface area (Å²) in [5.41, 5.74) is 0.782. The summed E-state index contributed by atoms with van der Waals surface area (Å²) in [6, 6.07) is 5.52. The molecule has 2 rings (SSSR count). The molecule has 0 atom stereocenters. The molecule has 14 heavy (non-hydrogen) atoms. The number of hydrogen-bond acceptors (Lipinski definition) is 2. The molecule has 1 heterocycles. The summed E-state index contributed by atoms with van der Waals surface area (Å²) in [5.74, 6) is 0.444. The molecule has 0 amide bonds. The first-order valence-corrected chi connectivity index (χ1v) is 5.09. The lowest BCUT2D eigenvalue weighted by Crippen LogP contribution is -2.39. The Labute approximate surface area is 83.6 Å². The molecule has 0 bridgehead atoms.